The lowest BCUT2D eigenvalue weighted by Gasteiger charge is -2.12. The summed E-state index contributed by atoms with van der Waals surface area (Å²) < 4.78 is 50.3. The molecule has 0 radical (unpaired) electrons. The van der Waals surface area contributed by atoms with Gasteiger partial charge in [-0.25, -0.2) is 9.18 Å². The SMILES string of the molecule is O=CC(Cc1cc(F)cc(C(F)(F)F)c1)NC(=O)O. The largest absolute Gasteiger partial charge is 0.465 e. The van der Waals surface area contributed by atoms with Crippen molar-refractivity contribution >= 4 is 12.4 Å². The number of carbonyl (C=O) groups is 2. The lowest BCUT2D eigenvalue weighted by atomic mass is 10.0. The van der Waals surface area contributed by atoms with Crippen LogP contribution in [0.3, 0.4) is 0 Å². The number of aldehydes is 1. The molecule has 0 spiro atoms. The molecule has 0 heterocycles. The van der Waals surface area contributed by atoms with Gasteiger partial charge in [-0.05, 0) is 30.2 Å². The molecule has 1 atom stereocenters. The number of nitrogens with one attached hydrogen (secondary N) is 1. The molecular formula is C11H9F4NO3. The molecule has 0 fully saturated rings. The average molecular weight is 279 g/mol. The van der Waals surface area contributed by atoms with Crippen molar-refractivity contribution in [3.63, 3.8) is 0 Å². The van der Waals surface area contributed by atoms with Gasteiger partial charge in [0.05, 0.1) is 11.6 Å². The predicted octanol–water partition coefficient (Wildman–Crippen LogP) is 2.22. The van der Waals surface area contributed by atoms with Crippen molar-refractivity contribution in [1.82, 2.24) is 5.32 Å². The third-order valence-electron chi connectivity index (χ3n) is 2.21. The molecule has 0 saturated carbocycles. The molecule has 1 aromatic rings. The number of hydrogen-bond acceptors (Lipinski definition) is 2. The van der Waals surface area contributed by atoms with E-state index < -0.39 is 29.7 Å². The van der Waals surface area contributed by atoms with Crippen LogP contribution in [0, 0.1) is 5.82 Å². The van der Waals surface area contributed by atoms with Gasteiger partial charge in [-0.1, -0.05) is 0 Å². The molecule has 0 saturated heterocycles. The molecule has 0 aliphatic heterocycles. The first kappa shape index (κ1) is 14.9. The molecule has 2 N–H and O–H groups in total. The first-order chi connectivity index (χ1) is 8.72. The Bertz CT molecular complexity index is 487. The smallest absolute Gasteiger partial charge is 0.416 e. The van der Waals surface area contributed by atoms with Crippen LogP contribution in [0.2, 0.25) is 0 Å². The third-order valence-corrected chi connectivity index (χ3v) is 2.21. The molecule has 1 rings (SSSR count). The second kappa shape index (κ2) is 5.68. The van der Waals surface area contributed by atoms with E-state index in [-0.39, 0.29) is 18.3 Å². The van der Waals surface area contributed by atoms with Gasteiger partial charge in [-0.3, -0.25) is 0 Å². The summed E-state index contributed by atoms with van der Waals surface area (Å²) in [5, 5.41) is 10.2. The maximum Gasteiger partial charge on any atom is 0.416 e. The lowest BCUT2D eigenvalue weighted by molar-refractivity contribution is -0.137. The van der Waals surface area contributed by atoms with E-state index in [4.69, 9.17) is 5.11 Å². The molecular weight excluding hydrogens is 270 g/mol. The van der Waals surface area contributed by atoms with Gasteiger partial charge in [0.15, 0.2) is 0 Å². The van der Waals surface area contributed by atoms with E-state index >= 15 is 0 Å². The van der Waals surface area contributed by atoms with E-state index in [1.807, 2.05) is 0 Å². The summed E-state index contributed by atoms with van der Waals surface area (Å²) in [6.07, 6.45) is -6.35. The quantitative estimate of drug-likeness (QED) is 0.656. The van der Waals surface area contributed by atoms with Crippen molar-refractivity contribution in [2.75, 3.05) is 0 Å². The van der Waals surface area contributed by atoms with E-state index in [1.165, 1.54) is 0 Å². The number of carbonyl (C=O) groups excluding carboxylic acids is 1. The topological polar surface area (TPSA) is 66.4 Å². The molecule has 0 aromatic heterocycles. The molecule has 0 aliphatic rings. The zero-order chi connectivity index (χ0) is 14.6. The lowest BCUT2D eigenvalue weighted by Crippen LogP contribution is -2.36. The van der Waals surface area contributed by atoms with E-state index in [2.05, 4.69) is 0 Å². The minimum Gasteiger partial charge on any atom is -0.465 e. The highest BCUT2D eigenvalue weighted by atomic mass is 19.4. The normalized spacial score (nSPS) is 12.8. The number of carboxylic acid groups (broad SMARTS) is 1. The van der Waals surface area contributed by atoms with Crippen molar-refractivity contribution in [2.45, 2.75) is 18.6 Å². The highest BCUT2D eigenvalue weighted by Gasteiger charge is 2.31. The van der Waals surface area contributed by atoms with Gasteiger partial charge >= 0.3 is 12.3 Å². The number of amides is 1. The molecule has 0 aliphatic carbocycles. The van der Waals surface area contributed by atoms with Gasteiger partial charge < -0.3 is 15.2 Å². The zero-order valence-electron chi connectivity index (χ0n) is 9.37. The standard InChI is InChI=1S/C11H9F4NO3/c12-8-2-6(1-7(4-8)11(13,14)15)3-9(5-17)16-10(18)19/h1-2,4-5,9,16H,3H2,(H,18,19). The van der Waals surface area contributed by atoms with Crippen molar-refractivity contribution in [3.05, 3.63) is 35.1 Å². The molecule has 8 heteroatoms. The Morgan fingerprint density at radius 1 is 1.37 bits per heavy atom. The highest BCUT2D eigenvalue weighted by Crippen LogP contribution is 2.30. The fourth-order valence-corrected chi connectivity index (χ4v) is 1.48. The van der Waals surface area contributed by atoms with Crippen LogP contribution < -0.4 is 5.32 Å². The number of rotatable bonds is 4. The summed E-state index contributed by atoms with van der Waals surface area (Å²) in [4.78, 5) is 20.9. The Balaban J connectivity index is 2.97. The Hall–Kier alpha value is -2.12. The minimum atomic E-state index is -4.71. The molecule has 0 bridgehead atoms. The van der Waals surface area contributed by atoms with E-state index in [1.54, 1.807) is 5.32 Å². The van der Waals surface area contributed by atoms with Crippen LogP contribution in [0.4, 0.5) is 22.4 Å². The van der Waals surface area contributed by atoms with Crippen LogP contribution in [0.25, 0.3) is 0 Å². The Labute approximate surface area is 105 Å². The highest BCUT2D eigenvalue weighted by molar-refractivity contribution is 5.71. The molecule has 19 heavy (non-hydrogen) atoms. The molecule has 1 aromatic carbocycles. The molecule has 4 nitrogen and oxygen atoms in total. The summed E-state index contributed by atoms with van der Waals surface area (Å²) in [7, 11) is 0. The summed E-state index contributed by atoms with van der Waals surface area (Å²) >= 11 is 0. The van der Waals surface area contributed by atoms with Gasteiger partial charge in [0, 0.05) is 0 Å². The Morgan fingerprint density at radius 3 is 2.47 bits per heavy atom. The van der Waals surface area contributed by atoms with Crippen molar-refractivity contribution in [3.8, 4) is 0 Å². The van der Waals surface area contributed by atoms with Gasteiger partial charge in [0.1, 0.15) is 12.1 Å². The fraction of sp³-hybridized carbons (Fsp3) is 0.273. The minimum absolute atomic E-state index is 0.127. The van der Waals surface area contributed by atoms with Crippen LogP contribution >= 0.6 is 0 Å². The zero-order valence-corrected chi connectivity index (χ0v) is 9.37. The van der Waals surface area contributed by atoms with Crippen LogP contribution in [-0.4, -0.2) is 23.5 Å². The van der Waals surface area contributed by atoms with Gasteiger partial charge in [0.2, 0.25) is 0 Å². The van der Waals surface area contributed by atoms with Crippen molar-refractivity contribution < 1.29 is 32.3 Å². The molecule has 104 valence electrons. The van der Waals surface area contributed by atoms with Gasteiger partial charge in [-0.2, -0.15) is 13.2 Å². The molecule has 1 unspecified atom stereocenters. The summed E-state index contributed by atoms with van der Waals surface area (Å²) in [6.45, 7) is 0. The van der Waals surface area contributed by atoms with Gasteiger partial charge in [0.25, 0.3) is 0 Å². The van der Waals surface area contributed by atoms with E-state index in [0.29, 0.717) is 12.1 Å². The van der Waals surface area contributed by atoms with Gasteiger partial charge in [-0.15, -0.1) is 0 Å². The second-order valence-electron chi connectivity index (χ2n) is 3.74. The van der Waals surface area contributed by atoms with Crippen molar-refractivity contribution in [2.24, 2.45) is 0 Å². The van der Waals surface area contributed by atoms with Crippen molar-refractivity contribution in [1.29, 1.82) is 0 Å². The van der Waals surface area contributed by atoms with Crippen LogP contribution in [0.5, 0.6) is 0 Å². The first-order valence-electron chi connectivity index (χ1n) is 5.04. The average Bonchev–Trinajstić information content (AvgIpc) is 2.25. The van der Waals surface area contributed by atoms with Crippen LogP contribution in [0.15, 0.2) is 18.2 Å². The first-order valence-corrected chi connectivity index (χ1v) is 5.04. The maximum absolute atomic E-state index is 13.0. The van der Waals surface area contributed by atoms with Crippen LogP contribution in [-0.2, 0) is 17.4 Å². The summed E-state index contributed by atoms with van der Waals surface area (Å²) in [5.74, 6) is -1.11. The number of halogens is 4. The van der Waals surface area contributed by atoms with E-state index in [9.17, 15) is 27.2 Å². The number of alkyl halides is 3. The fourth-order valence-electron chi connectivity index (χ4n) is 1.48. The number of benzene rings is 1. The predicted molar refractivity (Wildman–Crippen MR) is 56.1 cm³/mol. The Kier molecular flexibility index (Phi) is 4.47. The Morgan fingerprint density at radius 2 is 2.00 bits per heavy atom. The maximum atomic E-state index is 13.0. The summed E-state index contributed by atoms with van der Waals surface area (Å²) in [6, 6.07) is 0.572. The second-order valence-corrected chi connectivity index (χ2v) is 3.74. The van der Waals surface area contributed by atoms with Crippen LogP contribution in [0.1, 0.15) is 11.1 Å². The number of hydrogen-bond donors (Lipinski definition) is 2. The summed E-state index contributed by atoms with van der Waals surface area (Å²) in [5.41, 5.74) is -1.32. The monoisotopic (exact) mass is 279 g/mol. The van der Waals surface area contributed by atoms with E-state index in [0.717, 1.165) is 6.07 Å². The third kappa shape index (κ3) is 4.57. The molecule has 1 amide bonds.